The molecule has 0 aromatic heterocycles. The number of hydrogen-bond donors (Lipinski definition) is 1. The molecular weight excluding hydrogens is 488 g/mol. The van der Waals surface area contributed by atoms with E-state index in [0.29, 0.717) is 6.04 Å². The van der Waals surface area contributed by atoms with Crippen molar-refractivity contribution in [3.63, 3.8) is 0 Å². The second-order valence-electron chi connectivity index (χ2n) is 10.7. The quantitative estimate of drug-likeness (QED) is 0.206. The van der Waals surface area contributed by atoms with Gasteiger partial charge in [-0.3, -0.25) is 0 Å². The molecule has 1 unspecified atom stereocenters. The Hall–Kier alpha value is -2.44. The van der Waals surface area contributed by atoms with Crippen molar-refractivity contribution >= 4 is 0 Å². The maximum Gasteiger partial charge on any atom is 0.164 e. The fourth-order valence-electron chi connectivity index (χ4n) is 5.91. The molecule has 218 valence electrons. The van der Waals surface area contributed by atoms with Crippen molar-refractivity contribution in [1.82, 2.24) is 10.2 Å². The number of benzene rings is 2. The Morgan fingerprint density at radius 1 is 0.769 bits per heavy atom. The molecule has 39 heavy (non-hydrogen) atoms. The van der Waals surface area contributed by atoms with Crippen molar-refractivity contribution in [3.8, 4) is 23.0 Å². The molecule has 6 nitrogen and oxygen atoms in total. The molecule has 0 spiro atoms. The third-order valence-corrected chi connectivity index (χ3v) is 8.04. The standard InChI is InChI=1S/C33H52N2O4/c1-6-22-35(28-15-16-29-27(25-28)14-18-31(37-3)33(29)39-5)23-12-10-8-7-9-11-20-34-21-19-26-13-17-30(36-2)32(24-26)38-4/h13-14,17-18,24,28,34H,6-12,15-16,19-23,25H2,1-5H3. The largest absolute Gasteiger partial charge is 0.493 e. The van der Waals surface area contributed by atoms with Gasteiger partial charge >= 0.3 is 0 Å². The van der Waals surface area contributed by atoms with Gasteiger partial charge in [0, 0.05) is 11.6 Å². The van der Waals surface area contributed by atoms with Gasteiger partial charge in [-0.25, -0.2) is 0 Å². The highest BCUT2D eigenvalue weighted by Crippen LogP contribution is 2.38. The van der Waals surface area contributed by atoms with Crippen LogP contribution in [0.15, 0.2) is 30.3 Å². The molecule has 0 saturated carbocycles. The van der Waals surface area contributed by atoms with Crippen molar-refractivity contribution in [2.45, 2.75) is 83.6 Å². The Balaban J connectivity index is 1.27. The first-order chi connectivity index (χ1) is 19.1. The van der Waals surface area contributed by atoms with Gasteiger partial charge in [-0.1, -0.05) is 44.7 Å². The van der Waals surface area contributed by atoms with Gasteiger partial charge in [0.25, 0.3) is 0 Å². The lowest BCUT2D eigenvalue weighted by Gasteiger charge is -2.36. The van der Waals surface area contributed by atoms with Gasteiger partial charge in [-0.15, -0.1) is 0 Å². The number of nitrogens with one attached hydrogen (secondary N) is 1. The second kappa shape index (κ2) is 17.3. The van der Waals surface area contributed by atoms with E-state index in [2.05, 4.69) is 41.4 Å². The SMILES string of the molecule is CCCN(CCCCCCCCNCCc1ccc(OC)c(OC)c1)C1CCc2c(ccc(OC)c2OC)C1. The molecule has 0 radical (unpaired) electrons. The average Bonchev–Trinajstić information content (AvgIpc) is 2.98. The zero-order valence-electron chi connectivity index (χ0n) is 25.2. The van der Waals surface area contributed by atoms with Gasteiger partial charge in [0.05, 0.1) is 28.4 Å². The molecule has 2 aromatic carbocycles. The molecule has 0 amide bonds. The first-order valence-electron chi connectivity index (χ1n) is 15.0. The van der Waals surface area contributed by atoms with E-state index in [9.17, 15) is 0 Å². The number of nitrogens with zero attached hydrogens (tertiary/aromatic N) is 1. The molecule has 2 aromatic rings. The van der Waals surface area contributed by atoms with E-state index < -0.39 is 0 Å². The summed E-state index contributed by atoms with van der Waals surface area (Å²) in [5.41, 5.74) is 4.05. The van der Waals surface area contributed by atoms with E-state index >= 15 is 0 Å². The van der Waals surface area contributed by atoms with E-state index in [-0.39, 0.29) is 0 Å². The molecule has 1 aliphatic rings. The molecular formula is C33H52N2O4. The summed E-state index contributed by atoms with van der Waals surface area (Å²) < 4.78 is 21.9. The van der Waals surface area contributed by atoms with Crippen molar-refractivity contribution in [2.75, 3.05) is 54.6 Å². The topological polar surface area (TPSA) is 52.2 Å². The number of ether oxygens (including phenoxy) is 4. The molecule has 1 aliphatic carbocycles. The highest BCUT2D eigenvalue weighted by Gasteiger charge is 2.27. The van der Waals surface area contributed by atoms with E-state index in [1.807, 2.05) is 6.07 Å². The summed E-state index contributed by atoms with van der Waals surface area (Å²) >= 11 is 0. The van der Waals surface area contributed by atoms with Crippen LogP contribution >= 0.6 is 0 Å². The predicted molar refractivity (Wildman–Crippen MR) is 161 cm³/mol. The van der Waals surface area contributed by atoms with Crippen LogP contribution in [0.4, 0.5) is 0 Å². The van der Waals surface area contributed by atoms with Crippen LogP contribution in [0.1, 0.15) is 75.0 Å². The van der Waals surface area contributed by atoms with Crippen molar-refractivity contribution in [3.05, 3.63) is 47.0 Å². The normalized spacial score (nSPS) is 14.8. The van der Waals surface area contributed by atoms with Crippen molar-refractivity contribution in [1.29, 1.82) is 0 Å². The molecule has 0 fully saturated rings. The van der Waals surface area contributed by atoms with Crippen LogP contribution in [0.2, 0.25) is 0 Å². The van der Waals surface area contributed by atoms with Gasteiger partial charge in [-0.2, -0.15) is 0 Å². The van der Waals surface area contributed by atoms with E-state index in [0.717, 1.165) is 55.4 Å². The maximum absolute atomic E-state index is 5.70. The van der Waals surface area contributed by atoms with Gasteiger partial charge < -0.3 is 29.2 Å². The Kier molecular flexibility index (Phi) is 13.8. The van der Waals surface area contributed by atoms with Crippen LogP contribution in [0.5, 0.6) is 23.0 Å². The van der Waals surface area contributed by atoms with Crippen molar-refractivity contribution < 1.29 is 18.9 Å². The van der Waals surface area contributed by atoms with Gasteiger partial charge in [0.2, 0.25) is 0 Å². The van der Waals surface area contributed by atoms with Crippen molar-refractivity contribution in [2.24, 2.45) is 0 Å². The first kappa shape index (κ1) is 31.1. The maximum atomic E-state index is 5.70. The Bertz CT molecular complexity index is 980. The lowest BCUT2D eigenvalue weighted by atomic mass is 9.86. The van der Waals surface area contributed by atoms with Crippen LogP contribution in [-0.2, 0) is 19.3 Å². The predicted octanol–water partition coefficient (Wildman–Crippen LogP) is 6.46. The number of methoxy groups -OCH3 is 4. The molecule has 1 atom stereocenters. The lowest BCUT2D eigenvalue weighted by molar-refractivity contribution is 0.175. The third-order valence-electron chi connectivity index (χ3n) is 8.04. The molecule has 1 N–H and O–H groups in total. The van der Waals surface area contributed by atoms with Crippen LogP contribution < -0.4 is 24.3 Å². The van der Waals surface area contributed by atoms with Gasteiger partial charge in [0.15, 0.2) is 23.0 Å². The van der Waals surface area contributed by atoms with Crippen LogP contribution in [0.3, 0.4) is 0 Å². The lowest BCUT2D eigenvalue weighted by Crippen LogP contribution is -2.40. The highest BCUT2D eigenvalue weighted by molar-refractivity contribution is 5.52. The van der Waals surface area contributed by atoms with Gasteiger partial charge in [-0.05, 0) is 100 Å². The van der Waals surface area contributed by atoms with E-state index in [1.54, 1.807) is 28.4 Å². The Morgan fingerprint density at radius 2 is 1.49 bits per heavy atom. The minimum atomic E-state index is 0.639. The summed E-state index contributed by atoms with van der Waals surface area (Å²) in [5, 5.41) is 3.59. The molecule has 3 rings (SSSR count). The average molecular weight is 541 g/mol. The summed E-state index contributed by atoms with van der Waals surface area (Å²) in [6, 6.07) is 11.1. The number of fused-ring (bicyclic) bond motifs is 1. The summed E-state index contributed by atoms with van der Waals surface area (Å²) in [4.78, 5) is 2.75. The van der Waals surface area contributed by atoms with Crippen LogP contribution in [-0.4, -0.2) is 65.6 Å². The summed E-state index contributed by atoms with van der Waals surface area (Å²) in [5.74, 6) is 3.38. The number of rotatable bonds is 19. The molecule has 6 heteroatoms. The smallest absolute Gasteiger partial charge is 0.164 e. The Morgan fingerprint density at radius 3 is 2.21 bits per heavy atom. The second-order valence-corrected chi connectivity index (χ2v) is 10.7. The minimum absolute atomic E-state index is 0.639. The molecule has 0 bridgehead atoms. The molecule has 0 saturated heterocycles. The fourth-order valence-corrected chi connectivity index (χ4v) is 5.91. The fraction of sp³-hybridized carbons (Fsp3) is 0.636. The number of unbranched alkanes of at least 4 members (excludes halogenated alkanes) is 5. The zero-order chi connectivity index (χ0) is 27.9. The summed E-state index contributed by atoms with van der Waals surface area (Å²) in [6.07, 6.45) is 13.5. The van der Waals surface area contributed by atoms with Gasteiger partial charge in [0.1, 0.15) is 0 Å². The zero-order valence-corrected chi connectivity index (χ0v) is 25.2. The van der Waals surface area contributed by atoms with E-state index in [1.165, 1.54) is 81.1 Å². The number of hydrogen-bond acceptors (Lipinski definition) is 6. The monoisotopic (exact) mass is 540 g/mol. The minimum Gasteiger partial charge on any atom is -0.493 e. The third kappa shape index (κ3) is 9.32. The molecule has 0 aliphatic heterocycles. The molecule has 0 heterocycles. The van der Waals surface area contributed by atoms with Crippen LogP contribution in [0.25, 0.3) is 0 Å². The Labute approximate surface area is 237 Å². The summed E-state index contributed by atoms with van der Waals surface area (Å²) in [7, 11) is 6.84. The first-order valence-corrected chi connectivity index (χ1v) is 15.0. The highest BCUT2D eigenvalue weighted by atomic mass is 16.5. The van der Waals surface area contributed by atoms with Crippen LogP contribution in [0, 0.1) is 0 Å². The van der Waals surface area contributed by atoms with E-state index in [4.69, 9.17) is 18.9 Å². The summed E-state index contributed by atoms with van der Waals surface area (Å²) in [6.45, 7) is 6.81.